The molecule has 0 saturated carbocycles. The van der Waals surface area contributed by atoms with E-state index in [4.69, 9.17) is 44.8 Å². The van der Waals surface area contributed by atoms with Crippen LogP contribution in [0.5, 0.6) is 0 Å². The van der Waals surface area contributed by atoms with Gasteiger partial charge in [-0.05, 0) is 0 Å². The summed E-state index contributed by atoms with van der Waals surface area (Å²) in [5.41, 5.74) is 0. The quantitative estimate of drug-likeness (QED) is 0.125. The molecule has 35 heavy (non-hydrogen) atoms. The summed E-state index contributed by atoms with van der Waals surface area (Å²) in [5.74, 6) is 0. The van der Waals surface area contributed by atoms with E-state index >= 15 is 0 Å². The summed E-state index contributed by atoms with van der Waals surface area (Å²) < 4.78 is 15.3. The summed E-state index contributed by atoms with van der Waals surface area (Å²) in [6.45, 7) is -2.11. The first-order valence-electron chi connectivity index (χ1n) is 10.4. The van der Waals surface area contributed by atoms with E-state index in [-0.39, 0.29) is 6.29 Å². The maximum atomic E-state index is 9.94. The normalized spacial score (nSPS) is 41.2. The number of carbonyl (C=O) groups excluding carboxylic acids is 1. The van der Waals surface area contributed by atoms with Crippen molar-refractivity contribution in [2.75, 3.05) is 19.8 Å². The van der Waals surface area contributed by atoms with Gasteiger partial charge in [-0.3, -0.25) is 0 Å². The molecule has 0 radical (unpaired) electrons. The Labute approximate surface area is 198 Å². The highest BCUT2D eigenvalue weighted by Crippen LogP contribution is 2.28. The van der Waals surface area contributed by atoms with Crippen molar-refractivity contribution in [1.82, 2.24) is 0 Å². The molecule has 208 valence electrons. The van der Waals surface area contributed by atoms with Crippen LogP contribution in [-0.4, -0.2) is 178 Å². The van der Waals surface area contributed by atoms with Crippen LogP contribution in [-0.2, 0) is 19.0 Å². The fraction of sp³-hybridized carbons (Fsp3) is 0.944. The lowest BCUT2D eigenvalue weighted by Gasteiger charge is -2.45. The highest BCUT2D eigenvalue weighted by molar-refractivity contribution is 5.56. The molecular weight excluding hydrogens is 488 g/mol. The standard InChI is InChI=1S/C12H22O11.C6H12O6/c13-1-3-5(15)6(16)9(19)12(22-3)23-10-4(2-14)21-11(20)8(18)7(10)17;7-1-3(9)5(11)6(12)4(10)2-8/h3-20H,1-2H2;1,3-6,8-12H,2H2/t3-,4-,5-,6+,7-,8-,9-,10-,11-,12+;3-,4+,5+,6+/m10/s1. The molecule has 0 aromatic rings. The minimum atomic E-state index is -1.79. The number of hydrogen-bond donors (Lipinski definition) is 13. The average molecular weight is 522 g/mol. The van der Waals surface area contributed by atoms with Gasteiger partial charge < -0.3 is 85.4 Å². The van der Waals surface area contributed by atoms with Crippen molar-refractivity contribution in [3.05, 3.63) is 0 Å². The van der Waals surface area contributed by atoms with Crippen molar-refractivity contribution < 1.29 is 85.4 Å². The van der Waals surface area contributed by atoms with Crippen LogP contribution in [0, 0.1) is 0 Å². The molecule has 2 aliphatic rings. The summed E-state index contributed by atoms with van der Waals surface area (Å²) >= 11 is 0. The van der Waals surface area contributed by atoms with Crippen molar-refractivity contribution in [3.63, 3.8) is 0 Å². The first-order valence-corrected chi connectivity index (χ1v) is 10.4. The Morgan fingerprint density at radius 3 is 1.77 bits per heavy atom. The Morgan fingerprint density at radius 1 is 0.714 bits per heavy atom. The van der Waals surface area contributed by atoms with Gasteiger partial charge in [-0.1, -0.05) is 0 Å². The van der Waals surface area contributed by atoms with Crippen molar-refractivity contribution in [1.29, 1.82) is 0 Å². The van der Waals surface area contributed by atoms with Crippen LogP contribution < -0.4 is 0 Å². The molecule has 0 bridgehead atoms. The van der Waals surface area contributed by atoms with Crippen molar-refractivity contribution in [2.24, 2.45) is 0 Å². The Hall–Kier alpha value is -0.970. The van der Waals surface area contributed by atoms with E-state index in [1.54, 1.807) is 0 Å². The number of aldehydes is 1. The molecule has 14 atom stereocenters. The number of aliphatic hydroxyl groups is 13. The van der Waals surface area contributed by atoms with Gasteiger partial charge in [-0.2, -0.15) is 0 Å². The highest BCUT2D eigenvalue weighted by atomic mass is 16.7. The molecule has 2 fully saturated rings. The Morgan fingerprint density at radius 2 is 1.29 bits per heavy atom. The predicted octanol–water partition coefficient (Wildman–Crippen LogP) is -8.78. The SMILES string of the molecule is O=C[C@H](O)[C@@H](O)[C@H](O)[C@H](O)CO.OC[C@H]1O[C@@H](O[C@H]2[C@H](O)[C@@H](O)[C@H](O)O[C@@H]2CO)[C@H](O)[C@@H](O)[C@@H]1O. The fourth-order valence-electron chi connectivity index (χ4n) is 3.19. The molecule has 0 amide bonds. The third kappa shape index (κ3) is 8.01. The van der Waals surface area contributed by atoms with Crippen molar-refractivity contribution in [2.45, 2.75) is 85.8 Å². The van der Waals surface area contributed by atoms with Gasteiger partial charge in [0.2, 0.25) is 0 Å². The molecule has 0 spiro atoms. The lowest BCUT2D eigenvalue weighted by atomic mass is 9.97. The van der Waals surface area contributed by atoms with Crippen LogP contribution in [0.15, 0.2) is 0 Å². The summed E-state index contributed by atoms with van der Waals surface area (Å²) in [5, 5.41) is 120. The van der Waals surface area contributed by atoms with Crippen LogP contribution in [0.4, 0.5) is 0 Å². The van der Waals surface area contributed by atoms with E-state index in [0.29, 0.717) is 0 Å². The van der Waals surface area contributed by atoms with Gasteiger partial charge in [-0.25, -0.2) is 0 Å². The highest BCUT2D eigenvalue weighted by Gasteiger charge is 2.50. The van der Waals surface area contributed by atoms with E-state index in [0.717, 1.165) is 0 Å². The zero-order valence-electron chi connectivity index (χ0n) is 18.2. The molecule has 13 N–H and O–H groups in total. The molecule has 17 heteroatoms. The lowest BCUT2D eigenvalue weighted by molar-refractivity contribution is -0.355. The minimum absolute atomic E-state index is 0.0258. The Kier molecular flexibility index (Phi) is 13.5. The molecule has 0 aromatic heterocycles. The van der Waals surface area contributed by atoms with Crippen LogP contribution >= 0.6 is 0 Å². The van der Waals surface area contributed by atoms with E-state index in [9.17, 15) is 40.5 Å². The van der Waals surface area contributed by atoms with E-state index in [2.05, 4.69) is 0 Å². The van der Waals surface area contributed by atoms with Gasteiger partial charge in [0.25, 0.3) is 0 Å². The monoisotopic (exact) mass is 522 g/mol. The number of hydrogen-bond acceptors (Lipinski definition) is 17. The maximum Gasteiger partial charge on any atom is 0.187 e. The van der Waals surface area contributed by atoms with Crippen LogP contribution in [0.1, 0.15) is 0 Å². The van der Waals surface area contributed by atoms with Gasteiger partial charge in [0.05, 0.1) is 19.8 Å². The molecule has 2 aliphatic heterocycles. The summed E-state index contributed by atoms with van der Waals surface area (Å²) in [7, 11) is 0. The summed E-state index contributed by atoms with van der Waals surface area (Å²) in [6.07, 6.45) is -22.4. The zero-order chi connectivity index (χ0) is 27.0. The summed E-state index contributed by atoms with van der Waals surface area (Å²) in [6, 6.07) is 0. The number of carbonyl (C=O) groups is 1. The molecule has 0 unspecified atom stereocenters. The van der Waals surface area contributed by atoms with Crippen LogP contribution in [0.25, 0.3) is 0 Å². The maximum absolute atomic E-state index is 9.94. The average Bonchev–Trinajstić information content (AvgIpc) is 2.87. The molecule has 2 rings (SSSR count). The smallest absolute Gasteiger partial charge is 0.187 e. The van der Waals surface area contributed by atoms with E-state index in [1.165, 1.54) is 0 Å². The Balaban J connectivity index is 0.000000434. The molecule has 0 aromatic carbocycles. The topological polar surface area (TPSA) is 308 Å². The second-order valence-corrected chi connectivity index (χ2v) is 7.88. The summed E-state index contributed by atoms with van der Waals surface area (Å²) in [4.78, 5) is 9.90. The lowest BCUT2D eigenvalue weighted by Crippen LogP contribution is -2.64. The second kappa shape index (κ2) is 14.7. The first-order chi connectivity index (χ1) is 16.4. The van der Waals surface area contributed by atoms with E-state index < -0.39 is 106 Å². The number of ether oxygens (including phenoxy) is 3. The zero-order valence-corrected chi connectivity index (χ0v) is 18.2. The number of rotatable bonds is 9. The number of aliphatic hydroxyl groups excluding tert-OH is 13. The minimum Gasteiger partial charge on any atom is -0.394 e. The largest absolute Gasteiger partial charge is 0.394 e. The molecular formula is C18H34O17. The van der Waals surface area contributed by atoms with Gasteiger partial charge in [0.1, 0.15) is 73.2 Å². The van der Waals surface area contributed by atoms with Crippen LogP contribution in [0.3, 0.4) is 0 Å². The Bertz CT molecular complexity index is 608. The third-order valence-corrected chi connectivity index (χ3v) is 5.40. The second-order valence-electron chi connectivity index (χ2n) is 7.88. The van der Waals surface area contributed by atoms with Gasteiger partial charge in [0, 0.05) is 0 Å². The molecule has 0 aliphatic carbocycles. The van der Waals surface area contributed by atoms with Gasteiger partial charge in [-0.15, -0.1) is 0 Å². The molecule has 2 heterocycles. The fourth-order valence-corrected chi connectivity index (χ4v) is 3.19. The van der Waals surface area contributed by atoms with Crippen molar-refractivity contribution >= 4 is 6.29 Å². The molecule has 2 saturated heterocycles. The van der Waals surface area contributed by atoms with E-state index in [1.807, 2.05) is 0 Å². The first kappa shape index (κ1) is 32.1. The molecule has 17 nitrogen and oxygen atoms in total. The van der Waals surface area contributed by atoms with Gasteiger partial charge in [0.15, 0.2) is 18.9 Å². The van der Waals surface area contributed by atoms with Crippen molar-refractivity contribution in [3.8, 4) is 0 Å². The third-order valence-electron chi connectivity index (χ3n) is 5.40. The predicted molar refractivity (Wildman–Crippen MR) is 106 cm³/mol. The van der Waals surface area contributed by atoms with Gasteiger partial charge >= 0.3 is 0 Å². The van der Waals surface area contributed by atoms with Crippen LogP contribution in [0.2, 0.25) is 0 Å².